The lowest BCUT2D eigenvalue weighted by atomic mass is 10.1. The minimum Gasteiger partial charge on any atom is -0.494 e. The van der Waals surface area contributed by atoms with Gasteiger partial charge < -0.3 is 19.7 Å². The van der Waals surface area contributed by atoms with Gasteiger partial charge in [0.25, 0.3) is 0 Å². The second-order valence-electron chi connectivity index (χ2n) is 6.83. The van der Waals surface area contributed by atoms with E-state index in [1.54, 1.807) is 11.8 Å². The third kappa shape index (κ3) is 3.52. The fraction of sp³-hybridized carbons (Fsp3) is 0.421. The van der Waals surface area contributed by atoms with Gasteiger partial charge in [0.1, 0.15) is 5.82 Å². The molecule has 3 heterocycles. The molecule has 0 bridgehead atoms. The molecule has 8 nitrogen and oxygen atoms in total. The zero-order valence-electron chi connectivity index (χ0n) is 15.8. The van der Waals surface area contributed by atoms with Crippen LogP contribution in [0.1, 0.15) is 12.8 Å². The van der Waals surface area contributed by atoms with Crippen molar-refractivity contribution >= 4 is 22.7 Å². The van der Waals surface area contributed by atoms with Crippen LogP contribution in [0.2, 0.25) is 0 Å². The van der Waals surface area contributed by atoms with E-state index >= 15 is 0 Å². The average molecular weight is 368 g/mol. The van der Waals surface area contributed by atoms with Crippen LogP contribution >= 0.6 is 0 Å². The van der Waals surface area contributed by atoms with E-state index in [2.05, 4.69) is 32.7 Å². The molecule has 0 radical (unpaired) electrons. The van der Waals surface area contributed by atoms with Gasteiger partial charge in [0.15, 0.2) is 16.9 Å². The van der Waals surface area contributed by atoms with Crippen molar-refractivity contribution < 1.29 is 9.47 Å². The molecule has 4 rings (SSSR count). The van der Waals surface area contributed by atoms with Crippen LogP contribution < -0.4 is 15.0 Å². The average Bonchev–Trinajstić information content (AvgIpc) is 3.12. The number of anilines is 2. The highest BCUT2D eigenvalue weighted by Gasteiger charge is 2.18. The van der Waals surface area contributed by atoms with Crippen molar-refractivity contribution in [3.8, 4) is 11.4 Å². The normalized spacial score (nSPS) is 15.1. The molecule has 27 heavy (non-hydrogen) atoms. The largest absolute Gasteiger partial charge is 0.494 e. The summed E-state index contributed by atoms with van der Waals surface area (Å²) in [5.41, 5.74) is 3.30. The number of fused-ring (bicyclic) bond motifs is 1. The van der Waals surface area contributed by atoms with Crippen molar-refractivity contribution in [1.29, 1.82) is 0 Å². The Labute approximate surface area is 158 Å². The van der Waals surface area contributed by atoms with Gasteiger partial charge >= 0.3 is 0 Å². The number of methoxy groups -OCH3 is 1. The van der Waals surface area contributed by atoms with Gasteiger partial charge in [-0.15, -0.1) is 5.10 Å². The molecule has 1 aliphatic rings. The molecule has 0 saturated carbocycles. The molecule has 142 valence electrons. The molecular formula is C19H24N6O2. The lowest BCUT2D eigenvalue weighted by molar-refractivity contribution is 0.0904. The van der Waals surface area contributed by atoms with Crippen molar-refractivity contribution in [3.05, 3.63) is 30.3 Å². The standard InChI is InChI=1S/C19H24N6O2/c1-24(2)14-5-4-6-15(11-14)25-19-18(22-23-25)16(26-3)12-17(21-19)20-13-7-9-27-10-8-13/h4-6,11-13H,7-10H2,1-3H3,(H,20,21). The Morgan fingerprint density at radius 1 is 1.22 bits per heavy atom. The van der Waals surface area contributed by atoms with Gasteiger partial charge in [0.05, 0.1) is 12.8 Å². The van der Waals surface area contributed by atoms with Crippen LogP contribution in [0, 0.1) is 0 Å². The lowest BCUT2D eigenvalue weighted by Gasteiger charge is -2.23. The molecule has 3 aromatic rings. The van der Waals surface area contributed by atoms with Gasteiger partial charge in [-0.2, -0.15) is 4.68 Å². The number of hydrogen-bond acceptors (Lipinski definition) is 7. The van der Waals surface area contributed by atoms with Gasteiger partial charge in [0.2, 0.25) is 0 Å². The summed E-state index contributed by atoms with van der Waals surface area (Å²) in [6.07, 6.45) is 1.93. The predicted molar refractivity (Wildman–Crippen MR) is 105 cm³/mol. The fourth-order valence-corrected chi connectivity index (χ4v) is 3.23. The summed E-state index contributed by atoms with van der Waals surface area (Å²) in [5, 5.41) is 12.1. The number of hydrogen-bond donors (Lipinski definition) is 1. The van der Waals surface area contributed by atoms with E-state index < -0.39 is 0 Å². The van der Waals surface area contributed by atoms with Gasteiger partial charge in [-0.1, -0.05) is 11.3 Å². The van der Waals surface area contributed by atoms with E-state index in [0.29, 0.717) is 23.0 Å². The maximum atomic E-state index is 5.54. The first-order valence-electron chi connectivity index (χ1n) is 9.08. The van der Waals surface area contributed by atoms with Gasteiger partial charge in [-0.25, -0.2) is 4.98 Å². The summed E-state index contributed by atoms with van der Waals surface area (Å²) >= 11 is 0. The Morgan fingerprint density at radius 2 is 2.04 bits per heavy atom. The zero-order chi connectivity index (χ0) is 18.8. The van der Waals surface area contributed by atoms with Crippen LogP contribution in [0.5, 0.6) is 5.75 Å². The molecule has 8 heteroatoms. The summed E-state index contributed by atoms with van der Waals surface area (Å²) in [7, 11) is 5.66. The number of nitrogens with one attached hydrogen (secondary N) is 1. The second kappa shape index (κ2) is 7.40. The molecule has 1 aromatic carbocycles. The minimum absolute atomic E-state index is 0.342. The molecule has 0 unspecified atom stereocenters. The third-order valence-corrected chi connectivity index (χ3v) is 4.76. The van der Waals surface area contributed by atoms with E-state index in [0.717, 1.165) is 43.2 Å². The molecule has 1 fully saturated rings. The molecule has 0 atom stereocenters. The Kier molecular flexibility index (Phi) is 4.81. The summed E-state index contributed by atoms with van der Waals surface area (Å²) in [6.45, 7) is 1.54. The highest BCUT2D eigenvalue weighted by atomic mass is 16.5. The molecule has 1 aliphatic heterocycles. The molecule has 1 N–H and O–H groups in total. The van der Waals surface area contributed by atoms with E-state index in [1.807, 2.05) is 32.3 Å². The second-order valence-corrected chi connectivity index (χ2v) is 6.83. The lowest BCUT2D eigenvalue weighted by Crippen LogP contribution is -2.28. The van der Waals surface area contributed by atoms with Crippen molar-refractivity contribution in [2.75, 3.05) is 44.6 Å². The molecule has 2 aromatic heterocycles. The number of pyridine rings is 1. The van der Waals surface area contributed by atoms with Crippen molar-refractivity contribution in [2.45, 2.75) is 18.9 Å². The number of rotatable bonds is 5. The molecule has 0 aliphatic carbocycles. The number of nitrogens with zero attached hydrogens (tertiary/aromatic N) is 5. The van der Waals surface area contributed by atoms with Crippen LogP contribution in [0.15, 0.2) is 30.3 Å². The maximum Gasteiger partial charge on any atom is 0.189 e. The highest BCUT2D eigenvalue weighted by molar-refractivity contribution is 5.81. The van der Waals surface area contributed by atoms with Crippen LogP contribution in [-0.4, -0.2) is 60.4 Å². The van der Waals surface area contributed by atoms with Gasteiger partial charge in [-0.05, 0) is 31.0 Å². The SMILES string of the molecule is COc1cc(NC2CCOCC2)nc2c1nnn2-c1cccc(N(C)C)c1. The predicted octanol–water partition coefficient (Wildman–Crippen LogP) is 2.48. The quantitative estimate of drug-likeness (QED) is 0.741. The Balaban J connectivity index is 1.75. The smallest absolute Gasteiger partial charge is 0.189 e. The summed E-state index contributed by atoms with van der Waals surface area (Å²) in [4.78, 5) is 6.83. The first kappa shape index (κ1) is 17.5. The maximum absolute atomic E-state index is 5.54. The van der Waals surface area contributed by atoms with E-state index in [-0.39, 0.29) is 0 Å². The van der Waals surface area contributed by atoms with E-state index in [4.69, 9.17) is 14.5 Å². The van der Waals surface area contributed by atoms with Gasteiger partial charge in [0, 0.05) is 45.1 Å². The van der Waals surface area contributed by atoms with E-state index in [9.17, 15) is 0 Å². The zero-order valence-corrected chi connectivity index (χ0v) is 15.8. The first-order chi connectivity index (χ1) is 13.2. The van der Waals surface area contributed by atoms with Crippen LogP contribution in [0.4, 0.5) is 11.5 Å². The number of aromatic nitrogens is 4. The Bertz CT molecular complexity index is 933. The molecule has 0 spiro atoms. The third-order valence-electron chi connectivity index (χ3n) is 4.76. The van der Waals surface area contributed by atoms with E-state index in [1.165, 1.54) is 0 Å². The van der Waals surface area contributed by atoms with Crippen molar-refractivity contribution in [1.82, 2.24) is 20.0 Å². The van der Waals surface area contributed by atoms with Crippen molar-refractivity contribution in [3.63, 3.8) is 0 Å². The number of ether oxygens (including phenoxy) is 2. The minimum atomic E-state index is 0.342. The Hall–Kier alpha value is -2.87. The van der Waals surface area contributed by atoms with Crippen LogP contribution in [0.3, 0.4) is 0 Å². The summed E-state index contributed by atoms with van der Waals surface area (Å²) < 4.78 is 12.7. The topological polar surface area (TPSA) is 77.3 Å². The molecule has 1 saturated heterocycles. The fourth-order valence-electron chi connectivity index (χ4n) is 3.23. The monoisotopic (exact) mass is 368 g/mol. The van der Waals surface area contributed by atoms with Crippen LogP contribution in [-0.2, 0) is 4.74 Å². The molecule has 0 amide bonds. The Morgan fingerprint density at radius 3 is 2.78 bits per heavy atom. The van der Waals surface area contributed by atoms with Crippen molar-refractivity contribution in [2.24, 2.45) is 0 Å². The highest BCUT2D eigenvalue weighted by Crippen LogP contribution is 2.28. The summed E-state index contributed by atoms with van der Waals surface area (Å²) in [6, 6.07) is 10.3. The van der Waals surface area contributed by atoms with Gasteiger partial charge in [-0.3, -0.25) is 0 Å². The summed E-state index contributed by atoms with van der Waals surface area (Å²) in [5.74, 6) is 1.42. The molecular weight excluding hydrogens is 344 g/mol. The van der Waals surface area contributed by atoms with Crippen LogP contribution in [0.25, 0.3) is 16.9 Å². The first-order valence-corrected chi connectivity index (χ1v) is 9.08. The number of benzene rings is 1.